The van der Waals surface area contributed by atoms with Crippen molar-refractivity contribution in [3.05, 3.63) is 95.8 Å². The second kappa shape index (κ2) is 9.13. The maximum absolute atomic E-state index is 12.6. The summed E-state index contributed by atoms with van der Waals surface area (Å²) in [5.41, 5.74) is 1.41. The summed E-state index contributed by atoms with van der Waals surface area (Å²) in [7, 11) is 0. The van der Waals surface area contributed by atoms with Crippen molar-refractivity contribution in [3.63, 3.8) is 0 Å². The molecule has 0 radical (unpaired) electrons. The van der Waals surface area contributed by atoms with Crippen LogP contribution in [0.4, 0.5) is 5.69 Å². The predicted molar refractivity (Wildman–Crippen MR) is 117 cm³/mol. The molecule has 0 aliphatic carbocycles. The molecule has 6 nitrogen and oxygen atoms in total. The summed E-state index contributed by atoms with van der Waals surface area (Å²) in [5, 5.41) is 12.3. The maximum Gasteiger partial charge on any atom is 0.314 e. The summed E-state index contributed by atoms with van der Waals surface area (Å²) in [6, 6.07) is 21.6. The lowest BCUT2D eigenvalue weighted by atomic mass is 9.94. The lowest BCUT2D eigenvalue weighted by molar-refractivity contribution is -0.143. The Kier molecular flexibility index (Phi) is 6.37. The molecule has 0 aliphatic heterocycles. The Hall–Kier alpha value is -3.80. The van der Waals surface area contributed by atoms with Crippen molar-refractivity contribution in [1.29, 1.82) is 0 Å². The number of rotatable bonds is 7. The number of hydrogen-bond donors (Lipinski definition) is 2. The number of amides is 1. The van der Waals surface area contributed by atoms with E-state index in [0.29, 0.717) is 11.4 Å². The summed E-state index contributed by atoms with van der Waals surface area (Å²) in [6.45, 7) is 3.19. The number of benzene rings is 2. The van der Waals surface area contributed by atoms with Gasteiger partial charge in [-0.2, -0.15) is 0 Å². The Morgan fingerprint density at radius 2 is 1.67 bits per heavy atom. The van der Waals surface area contributed by atoms with Crippen LogP contribution in [0.15, 0.2) is 84.0 Å². The molecule has 0 saturated carbocycles. The van der Waals surface area contributed by atoms with Crippen LogP contribution in [0.5, 0.6) is 0 Å². The zero-order valence-electron chi connectivity index (χ0n) is 16.8. The first-order valence-electron chi connectivity index (χ1n) is 9.52. The molecule has 0 saturated heterocycles. The molecule has 2 aromatic carbocycles. The van der Waals surface area contributed by atoms with Gasteiger partial charge in [-0.15, -0.1) is 0 Å². The molecule has 0 fully saturated rings. The van der Waals surface area contributed by atoms with Crippen molar-refractivity contribution in [3.8, 4) is 0 Å². The lowest BCUT2D eigenvalue weighted by Gasteiger charge is -2.20. The number of aliphatic carboxylic acids is 1. The molecule has 1 heterocycles. The molecular weight excluding hydrogens is 378 g/mol. The minimum Gasteiger partial charge on any atom is -0.481 e. The molecule has 0 bridgehead atoms. The number of carboxylic acids is 1. The van der Waals surface area contributed by atoms with Gasteiger partial charge in [0.1, 0.15) is 11.7 Å². The highest BCUT2D eigenvalue weighted by molar-refractivity contribution is 6.03. The Morgan fingerprint density at radius 1 is 1.00 bits per heavy atom. The fourth-order valence-corrected chi connectivity index (χ4v) is 2.83. The molecule has 1 unspecified atom stereocenters. The number of anilines is 1. The Bertz CT molecular complexity index is 1050. The number of nitrogens with zero attached hydrogens (tertiary/aromatic N) is 2. The first-order valence-corrected chi connectivity index (χ1v) is 9.52. The first kappa shape index (κ1) is 20.9. The zero-order valence-corrected chi connectivity index (χ0v) is 16.8. The van der Waals surface area contributed by atoms with Gasteiger partial charge in [0, 0.05) is 23.7 Å². The molecule has 0 spiro atoms. The lowest BCUT2D eigenvalue weighted by Crippen LogP contribution is -2.25. The van der Waals surface area contributed by atoms with Crippen molar-refractivity contribution in [2.75, 3.05) is 5.32 Å². The third kappa shape index (κ3) is 4.97. The standard InChI is InChI=1S/C24H23N3O3/c1-24(2,23(29)30)16-26-21(17-10-4-3-5-11-17)18-12-6-7-13-19(18)27-22(28)20-14-8-9-15-25-20/h3-16,21H,1-2H3,(H,27,28)(H,29,30). The van der Waals surface area contributed by atoms with Crippen LogP contribution in [0, 0.1) is 5.41 Å². The quantitative estimate of drug-likeness (QED) is 0.566. The number of carboxylic acid groups (broad SMARTS) is 1. The predicted octanol–water partition coefficient (Wildman–Crippen LogP) is 4.60. The van der Waals surface area contributed by atoms with Crippen molar-refractivity contribution >= 4 is 23.8 Å². The molecule has 1 atom stereocenters. The highest BCUT2D eigenvalue weighted by Gasteiger charge is 2.26. The fraction of sp³-hybridized carbons (Fsp3) is 0.167. The van der Waals surface area contributed by atoms with E-state index in [1.165, 1.54) is 6.21 Å². The van der Waals surface area contributed by atoms with Gasteiger partial charge in [-0.3, -0.25) is 19.6 Å². The Balaban J connectivity index is 2.01. The smallest absolute Gasteiger partial charge is 0.314 e. The van der Waals surface area contributed by atoms with E-state index in [-0.39, 0.29) is 5.91 Å². The molecular formula is C24H23N3O3. The van der Waals surface area contributed by atoms with Gasteiger partial charge in [-0.1, -0.05) is 54.6 Å². The summed E-state index contributed by atoms with van der Waals surface area (Å²) in [6.07, 6.45) is 3.01. The molecule has 1 aromatic heterocycles. The number of pyridine rings is 1. The second-order valence-corrected chi connectivity index (χ2v) is 7.37. The average Bonchev–Trinajstić information content (AvgIpc) is 2.76. The minimum atomic E-state index is -1.13. The number of nitrogens with one attached hydrogen (secondary N) is 1. The summed E-state index contributed by atoms with van der Waals surface area (Å²) in [5.74, 6) is -1.29. The molecule has 152 valence electrons. The van der Waals surface area contributed by atoms with E-state index in [1.807, 2.05) is 48.5 Å². The van der Waals surface area contributed by atoms with Crippen LogP contribution < -0.4 is 5.32 Å². The summed E-state index contributed by atoms with van der Waals surface area (Å²) < 4.78 is 0. The number of carbonyl (C=O) groups is 2. The van der Waals surface area contributed by atoms with Gasteiger partial charge >= 0.3 is 5.97 Å². The maximum atomic E-state index is 12.6. The Labute approximate surface area is 175 Å². The highest BCUT2D eigenvalue weighted by Crippen LogP contribution is 2.32. The van der Waals surface area contributed by atoms with E-state index in [2.05, 4.69) is 15.3 Å². The van der Waals surface area contributed by atoms with E-state index in [0.717, 1.165) is 11.1 Å². The first-order chi connectivity index (χ1) is 14.4. The molecule has 2 N–H and O–H groups in total. The van der Waals surface area contributed by atoms with Crippen LogP contribution in [0.3, 0.4) is 0 Å². The van der Waals surface area contributed by atoms with E-state index in [1.54, 1.807) is 44.3 Å². The number of aromatic nitrogens is 1. The number of carbonyl (C=O) groups excluding carboxylic acids is 1. The normalized spacial score (nSPS) is 12.5. The monoisotopic (exact) mass is 401 g/mol. The third-order valence-electron chi connectivity index (χ3n) is 4.61. The van der Waals surface area contributed by atoms with E-state index in [4.69, 9.17) is 0 Å². The van der Waals surface area contributed by atoms with Crippen LogP contribution in [-0.2, 0) is 4.79 Å². The van der Waals surface area contributed by atoms with Gasteiger partial charge in [0.25, 0.3) is 5.91 Å². The van der Waals surface area contributed by atoms with Gasteiger partial charge in [0.2, 0.25) is 0 Å². The second-order valence-electron chi connectivity index (χ2n) is 7.37. The van der Waals surface area contributed by atoms with Gasteiger partial charge in [0.05, 0.1) is 5.41 Å². The topological polar surface area (TPSA) is 91.7 Å². The van der Waals surface area contributed by atoms with Crippen LogP contribution >= 0.6 is 0 Å². The minimum absolute atomic E-state index is 0.305. The molecule has 30 heavy (non-hydrogen) atoms. The van der Waals surface area contributed by atoms with Crippen molar-refractivity contribution < 1.29 is 14.7 Å². The largest absolute Gasteiger partial charge is 0.481 e. The Morgan fingerprint density at radius 3 is 2.33 bits per heavy atom. The van der Waals surface area contributed by atoms with E-state index >= 15 is 0 Å². The molecule has 3 aromatic rings. The molecule has 1 amide bonds. The molecule has 0 aliphatic rings. The zero-order chi connectivity index (χ0) is 21.6. The highest BCUT2D eigenvalue weighted by atomic mass is 16.4. The number of hydrogen-bond acceptors (Lipinski definition) is 4. The van der Waals surface area contributed by atoms with Crippen LogP contribution in [0.25, 0.3) is 0 Å². The van der Waals surface area contributed by atoms with Gasteiger partial charge in [-0.25, -0.2) is 0 Å². The average molecular weight is 401 g/mol. The SMILES string of the molecule is CC(C)(C=NC(c1ccccc1)c1ccccc1NC(=O)c1ccccn1)C(=O)O. The third-order valence-corrected chi connectivity index (χ3v) is 4.61. The fourth-order valence-electron chi connectivity index (χ4n) is 2.83. The number of para-hydroxylation sites is 1. The van der Waals surface area contributed by atoms with Crippen molar-refractivity contribution in [1.82, 2.24) is 4.98 Å². The van der Waals surface area contributed by atoms with Crippen molar-refractivity contribution in [2.24, 2.45) is 10.4 Å². The van der Waals surface area contributed by atoms with Gasteiger partial charge in [-0.05, 0) is 37.6 Å². The summed E-state index contributed by atoms with van der Waals surface area (Å²) in [4.78, 5) is 32.9. The van der Waals surface area contributed by atoms with E-state index < -0.39 is 17.4 Å². The van der Waals surface area contributed by atoms with Crippen LogP contribution in [0.2, 0.25) is 0 Å². The van der Waals surface area contributed by atoms with Crippen molar-refractivity contribution in [2.45, 2.75) is 19.9 Å². The van der Waals surface area contributed by atoms with Gasteiger partial charge in [0.15, 0.2) is 0 Å². The van der Waals surface area contributed by atoms with Gasteiger partial charge < -0.3 is 10.4 Å². The molecule has 3 rings (SSSR count). The van der Waals surface area contributed by atoms with E-state index in [9.17, 15) is 14.7 Å². The summed E-state index contributed by atoms with van der Waals surface area (Å²) >= 11 is 0. The number of aliphatic imine (C=N–C) groups is 1. The van der Waals surface area contributed by atoms with Crippen LogP contribution in [-0.4, -0.2) is 28.2 Å². The van der Waals surface area contributed by atoms with Crippen LogP contribution in [0.1, 0.15) is 41.5 Å². The molecule has 6 heteroatoms.